The third-order valence-electron chi connectivity index (χ3n) is 3.27. The Bertz CT molecular complexity index is 397. The van der Waals surface area contributed by atoms with Crippen LogP contribution < -0.4 is 5.32 Å². The first-order chi connectivity index (χ1) is 10.3. The van der Waals surface area contributed by atoms with E-state index in [-0.39, 0.29) is 5.91 Å². The summed E-state index contributed by atoms with van der Waals surface area (Å²) in [6, 6.07) is -0.806. The zero-order valence-corrected chi connectivity index (χ0v) is 14.6. The highest BCUT2D eigenvalue weighted by Gasteiger charge is 2.45. The Morgan fingerprint density at radius 2 is 2.00 bits per heavy atom. The van der Waals surface area contributed by atoms with Crippen LogP contribution in [0, 0.1) is 0 Å². The van der Waals surface area contributed by atoms with E-state index in [2.05, 4.69) is 5.32 Å². The maximum absolute atomic E-state index is 11.8. The molecule has 1 amide bonds. The van der Waals surface area contributed by atoms with Crippen molar-refractivity contribution in [3.8, 4) is 0 Å². The number of thioether (sulfide) groups is 1. The number of aliphatic hydroxyl groups excluding tert-OH is 3. The number of hydrogen-bond acceptors (Lipinski definition) is 7. The lowest BCUT2D eigenvalue weighted by Crippen LogP contribution is -2.63. The molecule has 0 aromatic heterocycles. The molecule has 4 N–H and O–H groups in total. The maximum Gasteiger partial charge on any atom is 0.220 e. The molecular formula is C13H24N2O5S2. The van der Waals surface area contributed by atoms with Crippen LogP contribution in [0.1, 0.15) is 19.8 Å². The molecule has 1 aliphatic heterocycles. The van der Waals surface area contributed by atoms with Crippen molar-refractivity contribution in [2.24, 2.45) is 0 Å². The number of aliphatic hydroxyl groups is 3. The van der Waals surface area contributed by atoms with Crippen molar-refractivity contribution in [3.63, 3.8) is 0 Å². The van der Waals surface area contributed by atoms with E-state index in [1.54, 1.807) is 19.0 Å². The summed E-state index contributed by atoms with van der Waals surface area (Å²) in [7, 11) is 3.55. The van der Waals surface area contributed by atoms with Crippen molar-refractivity contribution in [3.05, 3.63) is 0 Å². The van der Waals surface area contributed by atoms with E-state index in [0.29, 0.717) is 17.2 Å². The second-order valence-corrected chi connectivity index (χ2v) is 7.06. The van der Waals surface area contributed by atoms with Gasteiger partial charge in [-0.2, -0.15) is 0 Å². The van der Waals surface area contributed by atoms with Crippen molar-refractivity contribution in [2.75, 3.05) is 20.7 Å². The fourth-order valence-corrected chi connectivity index (χ4v) is 3.29. The van der Waals surface area contributed by atoms with Gasteiger partial charge >= 0.3 is 0 Å². The Morgan fingerprint density at radius 3 is 2.50 bits per heavy atom. The lowest BCUT2D eigenvalue weighted by molar-refractivity contribution is -0.173. The number of carbonyl (C=O) groups excluding carboxylic acids is 1. The van der Waals surface area contributed by atoms with E-state index in [0.717, 1.165) is 11.8 Å². The van der Waals surface area contributed by atoms with E-state index in [1.807, 2.05) is 6.92 Å². The van der Waals surface area contributed by atoms with Gasteiger partial charge in [0.1, 0.15) is 28.1 Å². The topological polar surface area (TPSA) is 102 Å². The normalized spacial score (nSPS) is 31.6. The van der Waals surface area contributed by atoms with Crippen molar-refractivity contribution in [1.29, 1.82) is 0 Å². The standard InChI is InChI=1S/C13H24N2O5S2/c1-4-5-8(17)14-9-11(19)10(18)7(6-16)20-12(9)22-13(21)15(2)3/h7,9-12,16,18-19H,4-6H2,1-3H3,(H,14,17)/t7-,9?,10-,11-,12+/m1/s1. The number of carbonyl (C=O) groups is 1. The third kappa shape index (κ3) is 5.04. The number of nitrogens with one attached hydrogen (secondary N) is 1. The highest BCUT2D eigenvalue weighted by atomic mass is 32.2. The summed E-state index contributed by atoms with van der Waals surface area (Å²) in [5.74, 6) is -0.230. The van der Waals surface area contributed by atoms with Gasteiger partial charge in [0.05, 0.1) is 12.6 Å². The molecule has 22 heavy (non-hydrogen) atoms. The Hall–Kier alpha value is -0.450. The Kier molecular flexibility index (Phi) is 8.01. The van der Waals surface area contributed by atoms with Crippen LogP contribution in [0.15, 0.2) is 0 Å². The minimum atomic E-state index is -1.28. The van der Waals surface area contributed by atoms with Crippen molar-refractivity contribution >= 4 is 34.2 Å². The van der Waals surface area contributed by atoms with Crippen LogP contribution in [0.4, 0.5) is 0 Å². The van der Waals surface area contributed by atoms with Crippen LogP contribution >= 0.6 is 24.0 Å². The molecule has 1 heterocycles. The zero-order valence-electron chi connectivity index (χ0n) is 12.9. The number of hydrogen-bond donors (Lipinski definition) is 4. The quantitative estimate of drug-likeness (QED) is 0.481. The van der Waals surface area contributed by atoms with E-state index in [1.165, 1.54) is 0 Å². The van der Waals surface area contributed by atoms with Gasteiger partial charge in [0, 0.05) is 20.5 Å². The van der Waals surface area contributed by atoms with Gasteiger partial charge in [-0.3, -0.25) is 4.79 Å². The molecule has 0 bridgehead atoms. The van der Waals surface area contributed by atoms with Gasteiger partial charge in [-0.25, -0.2) is 0 Å². The minimum absolute atomic E-state index is 0.230. The molecular weight excluding hydrogens is 328 g/mol. The van der Waals surface area contributed by atoms with Crippen LogP contribution in [0.5, 0.6) is 0 Å². The highest BCUT2D eigenvalue weighted by Crippen LogP contribution is 2.30. The lowest BCUT2D eigenvalue weighted by atomic mass is 9.98. The summed E-state index contributed by atoms with van der Waals surface area (Å²) < 4.78 is 6.12. The average molecular weight is 352 g/mol. The molecule has 0 spiro atoms. The predicted molar refractivity (Wildman–Crippen MR) is 88.5 cm³/mol. The van der Waals surface area contributed by atoms with Crippen LogP contribution in [-0.2, 0) is 9.53 Å². The number of thiocarbonyl (C=S) groups is 1. The van der Waals surface area contributed by atoms with Crippen molar-refractivity contribution < 1.29 is 24.9 Å². The molecule has 0 saturated carbocycles. The minimum Gasteiger partial charge on any atom is -0.394 e. The smallest absolute Gasteiger partial charge is 0.220 e. The number of ether oxygens (including phenoxy) is 1. The highest BCUT2D eigenvalue weighted by molar-refractivity contribution is 8.23. The third-order valence-corrected chi connectivity index (χ3v) is 5.12. The first kappa shape index (κ1) is 19.6. The number of amides is 1. The monoisotopic (exact) mass is 352 g/mol. The largest absolute Gasteiger partial charge is 0.394 e. The summed E-state index contributed by atoms with van der Waals surface area (Å²) in [5.41, 5.74) is -0.689. The van der Waals surface area contributed by atoms with Crippen LogP contribution in [0.3, 0.4) is 0 Å². The molecule has 0 radical (unpaired) electrons. The van der Waals surface area contributed by atoms with Crippen LogP contribution in [0.25, 0.3) is 0 Å². The first-order valence-electron chi connectivity index (χ1n) is 7.11. The zero-order chi connectivity index (χ0) is 16.9. The summed E-state index contributed by atoms with van der Waals surface area (Å²) in [5, 5.41) is 32.2. The molecule has 5 atom stereocenters. The fraction of sp³-hybridized carbons (Fsp3) is 0.846. The average Bonchev–Trinajstić information content (AvgIpc) is 2.46. The summed E-state index contributed by atoms with van der Waals surface area (Å²) in [6.45, 7) is 1.44. The van der Waals surface area contributed by atoms with Gasteiger partial charge in [0.25, 0.3) is 0 Å². The first-order valence-corrected chi connectivity index (χ1v) is 8.40. The second-order valence-electron chi connectivity index (χ2n) is 5.33. The Labute approximate surface area is 140 Å². The van der Waals surface area contributed by atoms with Crippen molar-refractivity contribution in [2.45, 2.75) is 49.6 Å². The fourth-order valence-electron chi connectivity index (χ4n) is 2.03. The molecule has 0 aromatic rings. The van der Waals surface area contributed by atoms with Crippen LogP contribution in [-0.4, -0.2) is 80.9 Å². The molecule has 7 nitrogen and oxygen atoms in total. The summed E-state index contributed by atoms with van der Waals surface area (Å²) >= 11 is 6.37. The molecule has 0 aliphatic carbocycles. The van der Waals surface area contributed by atoms with Gasteiger partial charge in [0.2, 0.25) is 5.91 Å². The van der Waals surface area contributed by atoms with Gasteiger partial charge in [-0.15, -0.1) is 0 Å². The molecule has 1 unspecified atom stereocenters. The molecule has 9 heteroatoms. The summed E-state index contributed by atoms with van der Waals surface area (Å²) in [4.78, 5) is 13.5. The molecule has 1 aliphatic rings. The molecule has 1 saturated heterocycles. The van der Waals surface area contributed by atoms with E-state index >= 15 is 0 Å². The van der Waals surface area contributed by atoms with Gasteiger partial charge in [-0.05, 0) is 6.42 Å². The molecule has 128 valence electrons. The van der Waals surface area contributed by atoms with Crippen molar-refractivity contribution in [1.82, 2.24) is 10.2 Å². The molecule has 1 rings (SSSR count). The predicted octanol–water partition coefficient (Wildman–Crippen LogP) is -0.710. The second kappa shape index (κ2) is 8.99. The number of nitrogens with zero attached hydrogens (tertiary/aromatic N) is 1. The number of rotatable bonds is 5. The van der Waals surface area contributed by atoms with Crippen LogP contribution in [0.2, 0.25) is 0 Å². The van der Waals surface area contributed by atoms with E-state index in [9.17, 15) is 20.1 Å². The molecule has 1 fully saturated rings. The van der Waals surface area contributed by atoms with Gasteiger partial charge in [-0.1, -0.05) is 30.9 Å². The Morgan fingerprint density at radius 1 is 1.36 bits per heavy atom. The maximum atomic E-state index is 11.8. The molecule has 0 aromatic carbocycles. The van der Waals surface area contributed by atoms with Gasteiger partial charge < -0.3 is 30.3 Å². The van der Waals surface area contributed by atoms with E-state index in [4.69, 9.17) is 17.0 Å². The summed E-state index contributed by atoms with van der Waals surface area (Å²) in [6.07, 6.45) is -2.45. The lowest BCUT2D eigenvalue weighted by Gasteiger charge is -2.42. The SMILES string of the molecule is CCCC(=O)NC1[C@@H](O)[C@H](O)[C@@H](CO)O[C@H]1SC(=S)N(C)C. The van der Waals surface area contributed by atoms with Gasteiger partial charge in [0.15, 0.2) is 0 Å². The Balaban J connectivity index is 2.88. The van der Waals surface area contributed by atoms with E-state index < -0.39 is 36.4 Å².